The van der Waals surface area contributed by atoms with Crippen molar-refractivity contribution in [3.8, 4) is 17.1 Å². The minimum Gasteiger partial charge on any atom is -0.506 e. The van der Waals surface area contributed by atoms with E-state index >= 15 is 0 Å². The fourth-order valence-electron chi connectivity index (χ4n) is 4.20. The van der Waals surface area contributed by atoms with Gasteiger partial charge in [-0.05, 0) is 72.4 Å². The summed E-state index contributed by atoms with van der Waals surface area (Å²) >= 11 is 5.93. The van der Waals surface area contributed by atoms with Crippen molar-refractivity contribution in [2.75, 3.05) is 11.8 Å². The van der Waals surface area contributed by atoms with Crippen LogP contribution in [-0.2, 0) is 15.8 Å². The molecule has 1 aromatic heterocycles. The lowest BCUT2D eigenvalue weighted by Gasteiger charge is -2.13. The van der Waals surface area contributed by atoms with E-state index in [0.29, 0.717) is 33.3 Å². The third-order valence-corrected chi connectivity index (χ3v) is 7.62. The molecule has 186 valence electrons. The van der Waals surface area contributed by atoms with E-state index in [1.807, 2.05) is 0 Å². The summed E-state index contributed by atoms with van der Waals surface area (Å²) in [6.07, 6.45) is 1.79. The Labute approximate surface area is 211 Å². The fraction of sp³-hybridized carbons (Fsp3) is 0.192. The first-order valence-electron chi connectivity index (χ1n) is 11.2. The number of anilines is 1. The highest BCUT2D eigenvalue weighted by atomic mass is 35.5. The van der Waals surface area contributed by atoms with Gasteiger partial charge in [-0.1, -0.05) is 17.7 Å². The van der Waals surface area contributed by atoms with Gasteiger partial charge in [-0.3, -0.25) is 9.52 Å². The van der Waals surface area contributed by atoms with Gasteiger partial charge in [0.15, 0.2) is 0 Å². The molecule has 3 aromatic carbocycles. The molecular weight excluding hydrogens is 507 g/mol. The van der Waals surface area contributed by atoms with E-state index in [9.17, 15) is 22.7 Å². The molecule has 7 nitrogen and oxygen atoms in total. The van der Waals surface area contributed by atoms with Crippen molar-refractivity contribution < 1.29 is 27.1 Å². The average Bonchev–Trinajstić information content (AvgIpc) is 3.61. The number of hydrogen-bond donors (Lipinski definition) is 3. The summed E-state index contributed by atoms with van der Waals surface area (Å²) in [6, 6.07) is 13.2. The second-order valence-corrected chi connectivity index (χ2v) is 10.9. The molecule has 1 fully saturated rings. The minimum atomic E-state index is -3.85. The lowest BCUT2D eigenvalue weighted by atomic mass is 10.0. The molecule has 0 atom stereocenters. The number of amides is 1. The number of halogens is 2. The second-order valence-electron chi connectivity index (χ2n) is 8.75. The van der Waals surface area contributed by atoms with Crippen LogP contribution in [0, 0.1) is 5.82 Å². The number of phenolic OH excluding ortho intramolecular Hbond substituents is 1. The van der Waals surface area contributed by atoms with Crippen LogP contribution in [0.15, 0.2) is 59.0 Å². The Morgan fingerprint density at radius 1 is 1.14 bits per heavy atom. The van der Waals surface area contributed by atoms with Crippen LogP contribution in [0.25, 0.3) is 22.3 Å². The number of aromatic hydroxyl groups is 1. The summed E-state index contributed by atoms with van der Waals surface area (Å²) in [5.41, 5.74) is 2.70. The number of phenols is 1. The molecule has 1 amide bonds. The number of hydrogen-bond acceptors (Lipinski definition) is 5. The van der Waals surface area contributed by atoms with E-state index in [4.69, 9.17) is 16.0 Å². The Balaban J connectivity index is 1.59. The Morgan fingerprint density at radius 3 is 2.50 bits per heavy atom. The Morgan fingerprint density at radius 2 is 1.86 bits per heavy atom. The first kappa shape index (κ1) is 24.1. The monoisotopic (exact) mass is 528 g/mol. The summed E-state index contributed by atoms with van der Waals surface area (Å²) in [4.78, 5) is 12.8. The summed E-state index contributed by atoms with van der Waals surface area (Å²) in [5.74, 6) is -0.848. The number of nitrogens with one attached hydrogen (secondary N) is 2. The lowest BCUT2D eigenvalue weighted by molar-refractivity contribution is 0.0964. The standard InChI is InChI=1S/C26H22ClFN2O5S/c1-29-26(32)24-19-11-18(15-3-4-15)21(12-23(19)35-25(24)16-5-7-17(28)8-6-16)30-36(33,34)13-14-2-9-22(31)20(27)10-14/h2,5-12,15,30-31H,3-4,13H2,1H3,(H,29,32). The van der Waals surface area contributed by atoms with E-state index < -0.39 is 15.8 Å². The number of sulfonamides is 1. The van der Waals surface area contributed by atoms with Crippen molar-refractivity contribution in [3.63, 3.8) is 0 Å². The summed E-state index contributed by atoms with van der Waals surface area (Å²) in [6.45, 7) is 0. The van der Waals surface area contributed by atoms with E-state index in [1.54, 1.807) is 12.1 Å². The molecule has 1 aliphatic carbocycles. The van der Waals surface area contributed by atoms with Crippen LogP contribution >= 0.6 is 11.6 Å². The van der Waals surface area contributed by atoms with Crippen molar-refractivity contribution in [2.24, 2.45) is 0 Å². The Hall–Kier alpha value is -3.56. The van der Waals surface area contributed by atoms with Gasteiger partial charge in [-0.15, -0.1) is 0 Å². The van der Waals surface area contributed by atoms with Crippen LogP contribution in [0.2, 0.25) is 5.02 Å². The molecule has 0 unspecified atom stereocenters. The average molecular weight is 529 g/mol. The highest BCUT2D eigenvalue weighted by Crippen LogP contribution is 2.47. The third kappa shape index (κ3) is 4.76. The van der Waals surface area contributed by atoms with Crippen molar-refractivity contribution in [1.29, 1.82) is 0 Å². The maximum atomic E-state index is 13.5. The zero-order chi connectivity index (χ0) is 25.6. The van der Waals surface area contributed by atoms with Crippen LogP contribution in [0.3, 0.4) is 0 Å². The van der Waals surface area contributed by atoms with Gasteiger partial charge < -0.3 is 14.8 Å². The van der Waals surface area contributed by atoms with Gasteiger partial charge in [-0.25, -0.2) is 12.8 Å². The van der Waals surface area contributed by atoms with E-state index in [2.05, 4.69) is 10.0 Å². The molecule has 36 heavy (non-hydrogen) atoms. The Bertz CT molecular complexity index is 1600. The molecule has 0 spiro atoms. The van der Waals surface area contributed by atoms with Crippen molar-refractivity contribution in [1.82, 2.24) is 5.32 Å². The zero-order valence-electron chi connectivity index (χ0n) is 19.1. The van der Waals surface area contributed by atoms with Gasteiger partial charge in [-0.2, -0.15) is 0 Å². The molecule has 0 saturated heterocycles. The highest BCUT2D eigenvalue weighted by molar-refractivity contribution is 7.91. The van der Waals surface area contributed by atoms with Crippen LogP contribution in [-0.4, -0.2) is 26.5 Å². The molecular formula is C26H22ClFN2O5S. The van der Waals surface area contributed by atoms with Crippen LogP contribution in [0.1, 0.15) is 40.2 Å². The normalized spacial score (nSPS) is 13.6. The molecule has 1 saturated carbocycles. The highest BCUT2D eigenvalue weighted by Gasteiger charge is 2.31. The van der Waals surface area contributed by atoms with Gasteiger partial charge in [0, 0.05) is 24.1 Å². The second kappa shape index (κ2) is 9.15. The third-order valence-electron chi connectivity index (χ3n) is 6.07. The molecule has 0 radical (unpaired) electrons. The number of benzene rings is 3. The van der Waals surface area contributed by atoms with Gasteiger partial charge in [0.2, 0.25) is 10.0 Å². The van der Waals surface area contributed by atoms with Gasteiger partial charge in [0.1, 0.15) is 22.9 Å². The smallest absolute Gasteiger partial charge is 0.255 e. The summed E-state index contributed by atoms with van der Waals surface area (Å²) < 4.78 is 48.3. The van der Waals surface area contributed by atoms with Crippen LogP contribution < -0.4 is 10.0 Å². The van der Waals surface area contributed by atoms with E-state index in [-0.39, 0.29) is 34.1 Å². The quantitative estimate of drug-likeness (QED) is 0.282. The predicted octanol–water partition coefficient (Wildman–Crippen LogP) is 5.78. The van der Waals surface area contributed by atoms with Crippen LogP contribution in [0.5, 0.6) is 5.75 Å². The minimum absolute atomic E-state index is 0.0634. The maximum absolute atomic E-state index is 13.5. The molecule has 0 aliphatic heterocycles. The van der Waals surface area contributed by atoms with Crippen molar-refractivity contribution in [3.05, 3.63) is 82.1 Å². The van der Waals surface area contributed by atoms with Gasteiger partial charge >= 0.3 is 0 Å². The van der Waals surface area contributed by atoms with E-state index in [0.717, 1.165) is 18.4 Å². The number of rotatable bonds is 7. The van der Waals surface area contributed by atoms with Gasteiger partial charge in [0.25, 0.3) is 5.91 Å². The maximum Gasteiger partial charge on any atom is 0.255 e. The number of carbonyl (C=O) groups excluding carboxylic acids is 1. The number of furan rings is 1. The molecule has 3 N–H and O–H groups in total. The van der Waals surface area contributed by atoms with Crippen molar-refractivity contribution in [2.45, 2.75) is 24.5 Å². The first-order valence-corrected chi connectivity index (χ1v) is 13.2. The van der Waals surface area contributed by atoms with E-state index in [1.165, 1.54) is 49.5 Å². The molecule has 1 heterocycles. The lowest BCUT2D eigenvalue weighted by Crippen LogP contribution is -2.18. The zero-order valence-corrected chi connectivity index (χ0v) is 20.7. The molecule has 0 bridgehead atoms. The number of fused-ring (bicyclic) bond motifs is 1. The molecule has 5 rings (SSSR count). The topological polar surface area (TPSA) is 109 Å². The van der Waals surface area contributed by atoms with Gasteiger partial charge in [0.05, 0.1) is 22.0 Å². The molecule has 4 aromatic rings. The molecule has 10 heteroatoms. The predicted molar refractivity (Wildman–Crippen MR) is 136 cm³/mol. The Kier molecular flexibility index (Phi) is 6.13. The number of carbonyl (C=O) groups is 1. The fourth-order valence-corrected chi connectivity index (χ4v) is 5.60. The first-order chi connectivity index (χ1) is 17.1. The summed E-state index contributed by atoms with van der Waals surface area (Å²) in [7, 11) is -2.34. The largest absolute Gasteiger partial charge is 0.506 e. The molecule has 1 aliphatic rings. The van der Waals surface area contributed by atoms with Crippen LogP contribution in [0.4, 0.5) is 10.1 Å². The summed E-state index contributed by atoms with van der Waals surface area (Å²) in [5, 5.41) is 12.8. The SMILES string of the molecule is CNC(=O)c1c(-c2ccc(F)cc2)oc2cc(NS(=O)(=O)Cc3ccc(O)c(Cl)c3)c(C3CC3)cc12. The van der Waals surface area contributed by atoms with Crippen molar-refractivity contribution >= 4 is 44.2 Å².